The fraction of sp³-hybridized carbons (Fsp3) is 0.464. The van der Waals surface area contributed by atoms with Gasteiger partial charge in [-0.15, -0.1) is 13.2 Å². The first kappa shape index (κ1) is 54.7. The van der Waals surface area contributed by atoms with Crippen LogP contribution in [-0.4, -0.2) is 66.9 Å². The molecule has 2 heterocycles. The van der Waals surface area contributed by atoms with Crippen LogP contribution in [0.15, 0.2) is 110 Å². The number of amides is 2. The summed E-state index contributed by atoms with van der Waals surface area (Å²) in [5.74, 6) is 1.54. The molecule has 0 aromatic heterocycles. The number of hydrogen-bond donors (Lipinski definition) is 0. The number of hydrogen-bond acceptors (Lipinski definition) is 6. The molecule has 0 spiro atoms. The zero-order valence-electron chi connectivity index (χ0n) is 40.7. The maximum atomic E-state index is 14.1. The van der Waals surface area contributed by atoms with Gasteiger partial charge >= 0.3 is 0 Å². The normalized spacial score (nSPS) is 23.9. The minimum Gasteiger partial charge on any atom is -0.358 e. The lowest BCUT2D eigenvalue weighted by Crippen LogP contribution is -2.56. The van der Waals surface area contributed by atoms with Gasteiger partial charge in [0.25, 0.3) is 11.8 Å². The predicted octanol–water partition coefficient (Wildman–Crippen LogP) is 16.1. The average molecular weight is 1070 g/mol. The summed E-state index contributed by atoms with van der Waals surface area (Å²) >= 11 is 28.5. The molecule has 4 aromatic carbocycles. The van der Waals surface area contributed by atoms with Gasteiger partial charge in [-0.1, -0.05) is 136 Å². The van der Waals surface area contributed by atoms with Crippen molar-refractivity contribution in [3.05, 3.63) is 164 Å². The molecule has 2 saturated carbocycles. The molecular weight excluding hydrogens is 1010 g/mol. The fourth-order valence-electron chi connectivity index (χ4n) is 9.28. The molecule has 0 radical (unpaired) electrons. The van der Waals surface area contributed by atoms with Crippen molar-refractivity contribution in [3.63, 3.8) is 0 Å². The molecule has 14 heteroatoms. The van der Waals surface area contributed by atoms with E-state index in [0.717, 1.165) is 59.4 Å². The van der Waals surface area contributed by atoms with E-state index in [2.05, 4.69) is 64.5 Å². The number of morpholine rings is 2. The van der Waals surface area contributed by atoms with Crippen LogP contribution >= 0.6 is 69.9 Å². The number of ether oxygens (including phenoxy) is 2. The zero-order valence-corrected chi connectivity index (χ0v) is 45.4. The molecule has 4 aliphatic rings. The number of nitrogens with zero attached hydrogens (tertiary/aromatic N) is 2. The Hall–Kier alpha value is -3.06. The molecule has 4 aromatic rings. The summed E-state index contributed by atoms with van der Waals surface area (Å²) in [5.41, 5.74) is 3.33. The third-order valence-corrected chi connectivity index (χ3v) is 16.8. The second kappa shape index (κ2) is 23.4. The largest absolute Gasteiger partial charge is 0.358 e. The van der Waals surface area contributed by atoms with E-state index in [-0.39, 0.29) is 43.4 Å². The second-order valence-corrected chi connectivity index (χ2v) is 26.0. The molecule has 2 aliphatic heterocycles. The lowest BCUT2D eigenvalue weighted by Gasteiger charge is -2.48. The topological polar surface area (TPSA) is 59.1 Å². The minimum absolute atomic E-state index is 0.0271. The van der Waals surface area contributed by atoms with Crippen molar-refractivity contribution < 1.29 is 27.8 Å². The number of rotatable bonds is 16. The highest BCUT2D eigenvalue weighted by Crippen LogP contribution is 2.51. The van der Waals surface area contributed by atoms with E-state index < -0.39 is 48.1 Å². The Morgan fingerprint density at radius 2 is 0.914 bits per heavy atom. The Morgan fingerprint density at radius 3 is 1.20 bits per heavy atom. The SMILES string of the molecule is C=CC[C@@H]1O[C@H](c2ccc(F)c(Cl)c2)[C@@H](c2ccc(Cl)cc2)N([C@H](CSC(C)(C)C)C2CC2)C1=O.C=CC[C@H]1O[C@H](c2ccc(F)c(Cl)c2)[C@@H](c2ccc(Cl)cc2)N([C@H](CSC(C)(C)C)C2CC2)C1=O. The summed E-state index contributed by atoms with van der Waals surface area (Å²) in [7, 11) is 0. The molecule has 8 atom stereocenters. The van der Waals surface area contributed by atoms with E-state index in [9.17, 15) is 18.4 Å². The highest BCUT2D eigenvalue weighted by Gasteiger charge is 2.52. The molecule has 376 valence electrons. The molecular formula is C56H64Cl4F2N2O4S2. The maximum Gasteiger partial charge on any atom is 0.252 e. The van der Waals surface area contributed by atoms with Gasteiger partial charge in [-0.05, 0) is 108 Å². The van der Waals surface area contributed by atoms with Gasteiger partial charge in [0, 0.05) is 56.0 Å². The Kier molecular flexibility index (Phi) is 18.3. The number of thioether (sulfide) groups is 2. The Balaban J connectivity index is 0.000000206. The van der Waals surface area contributed by atoms with Crippen LogP contribution in [-0.2, 0) is 19.1 Å². The predicted molar refractivity (Wildman–Crippen MR) is 287 cm³/mol. The molecule has 2 amide bonds. The molecule has 0 N–H and O–H groups in total. The highest BCUT2D eigenvalue weighted by atomic mass is 35.5. The molecule has 8 rings (SSSR count). The second-order valence-electron chi connectivity index (χ2n) is 20.6. The van der Waals surface area contributed by atoms with Crippen LogP contribution < -0.4 is 0 Å². The van der Waals surface area contributed by atoms with E-state index in [1.807, 2.05) is 72.1 Å². The van der Waals surface area contributed by atoms with Gasteiger partial charge in [-0.3, -0.25) is 9.59 Å². The first-order valence-electron chi connectivity index (χ1n) is 24.0. The standard InChI is InChI=1S/2C28H32Cl2FNO2S/c2*1-5-6-24-27(33)32(23(17-7-8-17)16-35-28(2,3)4)25(18-9-12-20(29)13-10-18)26(34-24)19-11-14-22(31)21(30)15-19/h2*5,9-15,17,23-26H,1,6-8,16H2,2-4H3/t23-,24+,25-,26-;23-,24-,25-,26-/m11/s1. The van der Waals surface area contributed by atoms with E-state index in [1.54, 1.807) is 36.4 Å². The Morgan fingerprint density at radius 1 is 0.586 bits per heavy atom. The molecule has 6 nitrogen and oxygen atoms in total. The Bertz CT molecular complexity index is 2310. The number of benzene rings is 4. The van der Waals surface area contributed by atoms with Crippen molar-refractivity contribution in [3.8, 4) is 0 Å². The highest BCUT2D eigenvalue weighted by molar-refractivity contribution is 8.00. The van der Waals surface area contributed by atoms with Crippen molar-refractivity contribution in [2.45, 2.75) is 138 Å². The van der Waals surface area contributed by atoms with Gasteiger partial charge in [0.2, 0.25) is 0 Å². The quantitative estimate of drug-likeness (QED) is 0.104. The summed E-state index contributed by atoms with van der Waals surface area (Å²) < 4.78 is 41.2. The van der Waals surface area contributed by atoms with Crippen molar-refractivity contribution in [2.75, 3.05) is 11.5 Å². The van der Waals surface area contributed by atoms with Crippen molar-refractivity contribution in [1.82, 2.24) is 9.80 Å². The van der Waals surface area contributed by atoms with Crippen LogP contribution in [0.3, 0.4) is 0 Å². The van der Waals surface area contributed by atoms with Gasteiger partial charge in [0.15, 0.2) is 0 Å². The first-order chi connectivity index (χ1) is 33.2. The number of carbonyl (C=O) groups is 2. The zero-order chi connectivity index (χ0) is 50.7. The molecule has 2 aliphatic carbocycles. The lowest BCUT2D eigenvalue weighted by molar-refractivity contribution is -0.179. The molecule has 2 saturated heterocycles. The van der Waals surface area contributed by atoms with Gasteiger partial charge in [0.1, 0.15) is 36.1 Å². The average Bonchev–Trinajstić information content (AvgIpc) is 4.25. The summed E-state index contributed by atoms with van der Waals surface area (Å²) in [4.78, 5) is 32.1. The molecule has 4 fully saturated rings. The van der Waals surface area contributed by atoms with Crippen LogP contribution in [0.2, 0.25) is 20.1 Å². The lowest BCUT2D eigenvalue weighted by atomic mass is 9.89. The van der Waals surface area contributed by atoms with Crippen LogP contribution in [0.25, 0.3) is 0 Å². The summed E-state index contributed by atoms with van der Waals surface area (Å²) in [6.07, 6.45) is 6.29. The number of carbonyl (C=O) groups excluding carboxylic acids is 2. The van der Waals surface area contributed by atoms with Crippen LogP contribution in [0.1, 0.15) is 127 Å². The third-order valence-electron chi connectivity index (χ3n) is 13.0. The van der Waals surface area contributed by atoms with Crippen molar-refractivity contribution in [2.24, 2.45) is 11.8 Å². The summed E-state index contributed by atoms with van der Waals surface area (Å²) in [5, 5.41) is 1.31. The summed E-state index contributed by atoms with van der Waals surface area (Å²) in [6.45, 7) is 20.9. The molecule has 0 bridgehead atoms. The van der Waals surface area contributed by atoms with E-state index in [1.165, 1.54) is 12.1 Å². The number of halogens is 6. The minimum atomic E-state index is -0.661. The van der Waals surface area contributed by atoms with E-state index in [4.69, 9.17) is 55.9 Å². The van der Waals surface area contributed by atoms with Crippen LogP contribution in [0.5, 0.6) is 0 Å². The summed E-state index contributed by atoms with van der Waals surface area (Å²) in [6, 6.07) is 23.8. The van der Waals surface area contributed by atoms with Gasteiger partial charge in [0.05, 0.1) is 22.1 Å². The smallest absolute Gasteiger partial charge is 0.252 e. The maximum absolute atomic E-state index is 14.1. The van der Waals surface area contributed by atoms with E-state index in [0.29, 0.717) is 34.7 Å². The van der Waals surface area contributed by atoms with E-state index >= 15 is 0 Å². The van der Waals surface area contributed by atoms with Crippen molar-refractivity contribution >= 4 is 81.7 Å². The van der Waals surface area contributed by atoms with Crippen molar-refractivity contribution in [1.29, 1.82) is 0 Å². The van der Waals surface area contributed by atoms with Gasteiger partial charge in [-0.2, -0.15) is 23.5 Å². The van der Waals surface area contributed by atoms with Crippen LogP contribution in [0.4, 0.5) is 8.78 Å². The van der Waals surface area contributed by atoms with Crippen LogP contribution in [0, 0.1) is 23.5 Å². The fourth-order valence-corrected chi connectivity index (χ4v) is 12.1. The molecule has 70 heavy (non-hydrogen) atoms. The monoisotopic (exact) mass is 1070 g/mol. The molecule has 0 unspecified atom stereocenters. The van der Waals surface area contributed by atoms with Gasteiger partial charge in [-0.25, -0.2) is 8.78 Å². The Labute approximate surface area is 442 Å². The first-order valence-corrected chi connectivity index (χ1v) is 27.5. The third kappa shape index (κ3) is 13.8. The van der Waals surface area contributed by atoms with Gasteiger partial charge < -0.3 is 19.3 Å².